The van der Waals surface area contributed by atoms with E-state index in [0.29, 0.717) is 19.6 Å². The molecule has 1 unspecified atom stereocenters. The topological polar surface area (TPSA) is 85.9 Å². The summed E-state index contributed by atoms with van der Waals surface area (Å²) in [6.07, 6.45) is 46.4. The number of unbranched alkanes of at least 4 members (excludes halogenated alkanes) is 31. The van der Waals surface area contributed by atoms with Crippen molar-refractivity contribution < 1.29 is 23.8 Å². The lowest BCUT2D eigenvalue weighted by Crippen LogP contribution is -2.35. The lowest BCUT2D eigenvalue weighted by Gasteiger charge is -2.28. The normalized spacial score (nSPS) is 12.5. The molecular weight excluding hydrogens is 765 g/mol. The first-order valence-electron chi connectivity index (χ1n) is 26.1. The van der Waals surface area contributed by atoms with Crippen molar-refractivity contribution in [2.45, 2.75) is 289 Å². The van der Waals surface area contributed by atoms with Crippen molar-refractivity contribution >= 4 is 23.1 Å². The summed E-state index contributed by atoms with van der Waals surface area (Å²) < 4.78 is 17.1. The van der Waals surface area contributed by atoms with Gasteiger partial charge >= 0.3 is 6.09 Å². The van der Waals surface area contributed by atoms with Crippen molar-refractivity contribution in [1.82, 2.24) is 10.6 Å². The van der Waals surface area contributed by atoms with Crippen LogP contribution in [0.15, 0.2) is 0 Å². The molecule has 0 saturated heterocycles. The number of nitrogens with one attached hydrogen (secondary N) is 2. The first kappa shape index (κ1) is 59.0. The van der Waals surface area contributed by atoms with Gasteiger partial charge in [-0.05, 0) is 47.0 Å². The van der Waals surface area contributed by atoms with Crippen LogP contribution in [-0.2, 0) is 14.2 Å². The minimum atomic E-state index is -0.423. The summed E-state index contributed by atoms with van der Waals surface area (Å²) in [6, 6.07) is 0. The molecule has 0 aliphatic carbocycles. The van der Waals surface area contributed by atoms with Gasteiger partial charge in [-0.15, -0.1) is 0 Å². The maximum atomic E-state index is 13.0. The van der Waals surface area contributed by atoms with Crippen LogP contribution in [0.2, 0.25) is 0 Å². The van der Waals surface area contributed by atoms with Crippen LogP contribution in [0.5, 0.6) is 0 Å². The molecule has 0 aliphatic heterocycles. The van der Waals surface area contributed by atoms with Crippen LogP contribution in [0.4, 0.5) is 9.59 Å². The average Bonchev–Trinajstić information content (AvgIpc) is 3.21. The molecule has 0 heterocycles. The predicted molar refractivity (Wildman–Crippen MR) is 263 cm³/mol. The minimum absolute atomic E-state index is 0.0265. The molecule has 8 heteroatoms. The zero-order valence-corrected chi connectivity index (χ0v) is 42.1. The highest BCUT2D eigenvalue weighted by molar-refractivity contribution is 8.14. The number of hydrogen-bond acceptors (Lipinski definition) is 6. The van der Waals surface area contributed by atoms with Gasteiger partial charge in [0.15, 0.2) is 0 Å². The highest BCUT2D eigenvalue weighted by atomic mass is 32.2. The fourth-order valence-electron chi connectivity index (χ4n) is 7.74. The molecule has 0 aromatic carbocycles. The zero-order valence-electron chi connectivity index (χ0n) is 41.3. The molecule has 0 rings (SSSR count). The van der Waals surface area contributed by atoms with Crippen LogP contribution >= 0.6 is 11.8 Å². The maximum Gasteiger partial charge on any atom is 0.407 e. The first-order chi connectivity index (χ1) is 29.0. The summed E-state index contributed by atoms with van der Waals surface area (Å²) in [5.74, 6) is 0. The Bertz CT molecular complexity index is 932. The van der Waals surface area contributed by atoms with Crippen molar-refractivity contribution in [1.29, 1.82) is 0 Å². The van der Waals surface area contributed by atoms with E-state index in [9.17, 15) is 9.59 Å². The van der Waals surface area contributed by atoms with Crippen LogP contribution in [0.3, 0.4) is 0 Å². The van der Waals surface area contributed by atoms with E-state index in [1.165, 1.54) is 211 Å². The Morgan fingerprint density at radius 1 is 0.483 bits per heavy atom. The fourth-order valence-corrected chi connectivity index (χ4v) is 8.68. The largest absolute Gasteiger partial charge is 0.449 e. The van der Waals surface area contributed by atoms with Crippen molar-refractivity contribution in [3.8, 4) is 0 Å². The van der Waals surface area contributed by atoms with Crippen LogP contribution < -0.4 is 10.6 Å². The van der Waals surface area contributed by atoms with E-state index in [2.05, 4.69) is 38.3 Å². The average molecular weight is 869 g/mol. The predicted octanol–water partition coefficient (Wildman–Crippen LogP) is 16.8. The van der Waals surface area contributed by atoms with Crippen molar-refractivity contribution in [2.24, 2.45) is 0 Å². The van der Waals surface area contributed by atoms with Gasteiger partial charge in [-0.3, -0.25) is 4.79 Å². The van der Waals surface area contributed by atoms with Crippen LogP contribution in [0.25, 0.3) is 0 Å². The van der Waals surface area contributed by atoms with Gasteiger partial charge in [0.2, 0.25) is 0 Å². The zero-order chi connectivity index (χ0) is 44.3. The van der Waals surface area contributed by atoms with E-state index in [0.717, 1.165) is 32.2 Å². The number of ether oxygens (including phenoxy) is 3. The SMILES string of the molecule is CCCCCCCCCCCCCCCCCCCC(CNC(=O)OCCC(C)(C)OCCC(C)(C)OC)SC(=O)NCCCCCCCCCCCCCCCCCC. The molecule has 0 aromatic rings. The Labute approximate surface area is 378 Å². The lowest BCUT2D eigenvalue weighted by atomic mass is 10.0. The number of hydrogen-bond donors (Lipinski definition) is 2. The third-order valence-corrected chi connectivity index (χ3v) is 13.5. The fraction of sp³-hybridized carbons (Fsp3) is 0.962. The van der Waals surface area contributed by atoms with E-state index in [1.807, 2.05) is 13.8 Å². The third kappa shape index (κ3) is 43.7. The molecule has 60 heavy (non-hydrogen) atoms. The summed E-state index contributed by atoms with van der Waals surface area (Å²) in [5.41, 5.74) is -0.630. The third-order valence-electron chi connectivity index (χ3n) is 12.4. The second-order valence-corrected chi connectivity index (χ2v) is 20.6. The molecule has 0 radical (unpaired) electrons. The molecule has 358 valence electrons. The number of amides is 2. The number of alkyl carbamates (subject to hydrolysis) is 1. The van der Waals surface area contributed by atoms with Crippen molar-refractivity contribution in [3.63, 3.8) is 0 Å². The molecule has 0 fully saturated rings. The molecule has 0 saturated carbocycles. The van der Waals surface area contributed by atoms with E-state index >= 15 is 0 Å². The van der Waals surface area contributed by atoms with E-state index in [1.54, 1.807) is 7.11 Å². The second-order valence-electron chi connectivity index (χ2n) is 19.3. The van der Waals surface area contributed by atoms with Crippen LogP contribution in [0.1, 0.15) is 273 Å². The maximum absolute atomic E-state index is 13.0. The van der Waals surface area contributed by atoms with Gasteiger partial charge < -0.3 is 24.8 Å². The Balaban J connectivity index is 4.35. The summed E-state index contributed by atoms with van der Waals surface area (Å²) in [7, 11) is 1.72. The quantitative estimate of drug-likeness (QED) is 0.0593. The van der Waals surface area contributed by atoms with E-state index < -0.39 is 11.7 Å². The molecule has 7 nitrogen and oxygen atoms in total. The van der Waals surface area contributed by atoms with Gasteiger partial charge in [-0.1, -0.05) is 231 Å². The van der Waals surface area contributed by atoms with Gasteiger partial charge in [-0.2, -0.15) is 0 Å². The van der Waals surface area contributed by atoms with Crippen LogP contribution in [0, 0.1) is 0 Å². The summed E-state index contributed by atoms with van der Waals surface area (Å²) in [6.45, 7) is 14.8. The molecule has 0 spiro atoms. The van der Waals surface area contributed by atoms with Crippen LogP contribution in [-0.4, -0.2) is 61.2 Å². The first-order valence-corrected chi connectivity index (χ1v) is 27.0. The Hall–Kier alpha value is -0.990. The smallest absolute Gasteiger partial charge is 0.407 e. The number of carbonyl (C=O) groups is 2. The standard InChI is InChI=1S/C52H104N2O5S/c1-8-10-12-14-16-18-20-22-24-26-27-29-31-33-35-37-39-41-48(47-54-49(55)58-45-42-52(5,6)59-46-43-51(3,4)57-7)60-50(56)53-44-40-38-36-34-32-30-28-25-23-21-19-17-15-13-11-9-2/h48H,8-47H2,1-7H3,(H,53,56)(H,54,55). The number of methoxy groups -OCH3 is 1. The van der Waals surface area contributed by atoms with Crippen molar-refractivity contribution in [3.05, 3.63) is 0 Å². The number of rotatable bonds is 46. The van der Waals surface area contributed by atoms with Gasteiger partial charge in [0.05, 0.1) is 24.4 Å². The van der Waals surface area contributed by atoms with Gasteiger partial charge in [-0.25, -0.2) is 4.79 Å². The summed E-state index contributed by atoms with van der Waals surface area (Å²) in [5, 5.41) is 6.16. The molecule has 2 amide bonds. The Kier molecular flexibility index (Phi) is 42.6. The number of carbonyl (C=O) groups excluding carboxylic acids is 2. The van der Waals surface area contributed by atoms with Gasteiger partial charge in [0.1, 0.15) is 0 Å². The molecular formula is C52H104N2O5S. The second kappa shape index (κ2) is 43.3. The number of thioether (sulfide) groups is 1. The molecule has 1 atom stereocenters. The summed E-state index contributed by atoms with van der Waals surface area (Å²) in [4.78, 5) is 25.7. The molecule has 0 aliphatic rings. The monoisotopic (exact) mass is 869 g/mol. The van der Waals surface area contributed by atoms with Gasteiger partial charge in [0.25, 0.3) is 5.24 Å². The molecule has 2 N–H and O–H groups in total. The van der Waals surface area contributed by atoms with E-state index in [4.69, 9.17) is 14.2 Å². The van der Waals surface area contributed by atoms with Gasteiger partial charge in [0, 0.05) is 31.9 Å². The van der Waals surface area contributed by atoms with Crippen molar-refractivity contribution in [2.75, 3.05) is 33.4 Å². The van der Waals surface area contributed by atoms with E-state index in [-0.39, 0.29) is 22.7 Å². The highest BCUT2D eigenvalue weighted by Gasteiger charge is 2.23. The lowest BCUT2D eigenvalue weighted by molar-refractivity contribution is -0.0662. The highest BCUT2D eigenvalue weighted by Crippen LogP contribution is 2.22. The minimum Gasteiger partial charge on any atom is -0.449 e. The Morgan fingerprint density at radius 3 is 1.25 bits per heavy atom. The summed E-state index contributed by atoms with van der Waals surface area (Å²) >= 11 is 1.35. The molecule has 0 bridgehead atoms. The Morgan fingerprint density at radius 2 is 0.850 bits per heavy atom. The molecule has 0 aromatic heterocycles.